The molecule has 1 aliphatic rings. The Bertz CT molecular complexity index is 528. The maximum atomic E-state index is 13.5. The van der Waals surface area contributed by atoms with E-state index in [1.54, 1.807) is 0 Å². The van der Waals surface area contributed by atoms with Crippen LogP contribution in [0.25, 0.3) is 0 Å². The molecule has 0 bridgehead atoms. The quantitative estimate of drug-likeness (QED) is 0.745. The van der Waals surface area contributed by atoms with Crippen molar-refractivity contribution in [1.29, 1.82) is 0 Å². The van der Waals surface area contributed by atoms with Crippen molar-refractivity contribution in [3.05, 3.63) is 35.1 Å². The van der Waals surface area contributed by atoms with Gasteiger partial charge in [0.2, 0.25) is 0 Å². The van der Waals surface area contributed by atoms with Crippen LogP contribution < -0.4 is 5.32 Å². The first-order valence-electron chi connectivity index (χ1n) is 6.49. The Balaban J connectivity index is 0.00000264. The summed E-state index contributed by atoms with van der Waals surface area (Å²) >= 11 is 0. The van der Waals surface area contributed by atoms with Crippen molar-refractivity contribution in [3.8, 4) is 0 Å². The summed E-state index contributed by atoms with van der Waals surface area (Å²) in [6.45, 7) is 0.811. The summed E-state index contributed by atoms with van der Waals surface area (Å²) in [5, 5.41) is 2.88. The van der Waals surface area contributed by atoms with Crippen LogP contribution in [0.15, 0.2) is 18.2 Å². The fourth-order valence-corrected chi connectivity index (χ4v) is 2.48. The predicted molar refractivity (Wildman–Crippen MR) is 79.1 cm³/mol. The number of nitrogens with one attached hydrogen (secondary N) is 1. The van der Waals surface area contributed by atoms with Gasteiger partial charge in [0.15, 0.2) is 0 Å². The lowest BCUT2D eigenvalue weighted by Gasteiger charge is -2.36. The lowest BCUT2D eigenvalue weighted by Crippen LogP contribution is -2.49. The molecule has 0 spiro atoms. The van der Waals surface area contributed by atoms with E-state index < -0.39 is 35.3 Å². The molecule has 1 aromatic carbocycles. The van der Waals surface area contributed by atoms with Crippen LogP contribution in [0, 0.1) is 5.82 Å². The second kappa shape index (κ2) is 8.55. The van der Waals surface area contributed by atoms with Crippen molar-refractivity contribution >= 4 is 24.8 Å². The van der Waals surface area contributed by atoms with Crippen molar-refractivity contribution in [2.75, 3.05) is 26.2 Å². The summed E-state index contributed by atoms with van der Waals surface area (Å²) in [7, 11) is 0. The van der Waals surface area contributed by atoms with Gasteiger partial charge in [-0.1, -0.05) is 6.07 Å². The maximum absolute atomic E-state index is 13.5. The number of piperazine rings is 1. The van der Waals surface area contributed by atoms with Crippen LogP contribution in [-0.2, 0) is 6.18 Å². The highest BCUT2D eigenvalue weighted by molar-refractivity contribution is 5.85. The number of rotatable bonds is 2. The molecule has 1 saturated heterocycles. The molecular formula is C13H15Cl2F7N2. The summed E-state index contributed by atoms with van der Waals surface area (Å²) < 4.78 is 90.8. The third-order valence-electron chi connectivity index (χ3n) is 3.44. The van der Waals surface area contributed by atoms with E-state index in [9.17, 15) is 30.7 Å². The van der Waals surface area contributed by atoms with Crippen LogP contribution in [0.5, 0.6) is 0 Å². The Hall–Kier alpha value is -0.770. The van der Waals surface area contributed by atoms with Gasteiger partial charge in [-0.15, -0.1) is 24.8 Å². The molecule has 11 heteroatoms. The first-order valence-corrected chi connectivity index (χ1v) is 6.49. The van der Waals surface area contributed by atoms with E-state index in [0.717, 1.165) is 4.90 Å². The molecule has 0 unspecified atom stereocenters. The number of nitrogens with zero attached hydrogens (tertiary/aromatic N) is 1. The number of benzene rings is 1. The third kappa shape index (κ3) is 5.37. The minimum absolute atomic E-state index is 0. The number of hydrogen-bond donors (Lipinski definition) is 1. The standard InChI is InChI=1S/C13H13F7N2.2ClH/c14-10-7-8(1-2-9(10)12(15,16)17)11(13(18,19)20)22-5-3-21-4-6-22;;/h1-2,7,11,21H,3-6H2;2*1H/t11-;;/m1../s1. The van der Waals surface area contributed by atoms with E-state index in [0.29, 0.717) is 31.3 Å². The van der Waals surface area contributed by atoms with Gasteiger partial charge in [-0.2, -0.15) is 26.3 Å². The molecular weight excluding hydrogens is 388 g/mol. The monoisotopic (exact) mass is 402 g/mol. The summed E-state index contributed by atoms with van der Waals surface area (Å²) in [5.41, 5.74) is -2.10. The van der Waals surface area contributed by atoms with Gasteiger partial charge in [-0.05, 0) is 17.7 Å². The molecule has 2 nitrogen and oxygen atoms in total. The Kier molecular flexibility index (Phi) is 8.28. The van der Waals surface area contributed by atoms with Gasteiger partial charge in [-0.3, -0.25) is 4.90 Å². The lowest BCUT2D eigenvalue weighted by atomic mass is 10.0. The molecule has 1 fully saturated rings. The molecule has 1 aliphatic heterocycles. The molecule has 0 amide bonds. The van der Waals surface area contributed by atoms with Crippen LogP contribution in [0.1, 0.15) is 17.2 Å². The molecule has 2 rings (SSSR count). The zero-order valence-corrected chi connectivity index (χ0v) is 13.7. The third-order valence-corrected chi connectivity index (χ3v) is 3.44. The zero-order valence-electron chi connectivity index (χ0n) is 12.0. The topological polar surface area (TPSA) is 15.3 Å². The molecule has 0 aromatic heterocycles. The fraction of sp³-hybridized carbons (Fsp3) is 0.538. The lowest BCUT2D eigenvalue weighted by molar-refractivity contribution is -0.187. The average molecular weight is 403 g/mol. The van der Waals surface area contributed by atoms with E-state index in [2.05, 4.69) is 5.32 Å². The molecule has 0 aliphatic carbocycles. The van der Waals surface area contributed by atoms with Crippen molar-refractivity contribution < 1.29 is 30.7 Å². The minimum Gasteiger partial charge on any atom is -0.314 e. The molecule has 1 aromatic rings. The maximum Gasteiger partial charge on any atom is 0.419 e. The molecule has 140 valence electrons. The van der Waals surface area contributed by atoms with E-state index in [4.69, 9.17) is 0 Å². The molecule has 0 radical (unpaired) electrons. The number of hydrogen-bond acceptors (Lipinski definition) is 2. The van der Waals surface area contributed by atoms with E-state index in [-0.39, 0.29) is 37.9 Å². The molecule has 1 atom stereocenters. The zero-order chi connectivity index (χ0) is 16.5. The largest absolute Gasteiger partial charge is 0.419 e. The number of halogens is 9. The Morgan fingerprint density at radius 2 is 1.50 bits per heavy atom. The van der Waals surface area contributed by atoms with Gasteiger partial charge in [-0.25, -0.2) is 4.39 Å². The summed E-state index contributed by atoms with van der Waals surface area (Å²) in [6.07, 6.45) is -9.64. The van der Waals surface area contributed by atoms with Crippen LogP contribution in [-0.4, -0.2) is 37.3 Å². The molecule has 24 heavy (non-hydrogen) atoms. The van der Waals surface area contributed by atoms with Crippen LogP contribution in [0.2, 0.25) is 0 Å². The van der Waals surface area contributed by atoms with Gasteiger partial charge in [0.1, 0.15) is 11.9 Å². The fourth-order valence-electron chi connectivity index (χ4n) is 2.48. The first kappa shape index (κ1) is 23.2. The SMILES string of the molecule is Cl.Cl.Fc1cc([C@@H](N2CCNCC2)C(F)(F)F)ccc1C(F)(F)F. The van der Waals surface area contributed by atoms with Crippen molar-refractivity contribution in [1.82, 2.24) is 10.2 Å². The second-order valence-electron chi connectivity index (χ2n) is 4.97. The van der Waals surface area contributed by atoms with Crippen molar-refractivity contribution in [2.24, 2.45) is 0 Å². The molecule has 0 saturated carbocycles. The van der Waals surface area contributed by atoms with Gasteiger partial charge in [0.05, 0.1) is 5.56 Å². The van der Waals surface area contributed by atoms with Gasteiger partial charge >= 0.3 is 12.4 Å². The normalized spacial score (nSPS) is 17.6. The Morgan fingerprint density at radius 1 is 0.958 bits per heavy atom. The molecule has 1 heterocycles. The van der Waals surface area contributed by atoms with E-state index in [1.165, 1.54) is 0 Å². The van der Waals surface area contributed by atoms with Crippen LogP contribution in [0.4, 0.5) is 30.7 Å². The Morgan fingerprint density at radius 3 is 1.92 bits per heavy atom. The van der Waals surface area contributed by atoms with Crippen molar-refractivity contribution in [2.45, 2.75) is 18.4 Å². The summed E-state index contributed by atoms with van der Waals surface area (Å²) in [5.74, 6) is -1.70. The van der Waals surface area contributed by atoms with Gasteiger partial charge in [0.25, 0.3) is 0 Å². The predicted octanol–water partition coefficient (Wildman–Crippen LogP) is 4.20. The van der Waals surface area contributed by atoms with E-state index in [1.807, 2.05) is 0 Å². The van der Waals surface area contributed by atoms with E-state index >= 15 is 0 Å². The highest BCUT2D eigenvalue weighted by Crippen LogP contribution is 2.40. The summed E-state index contributed by atoms with van der Waals surface area (Å²) in [4.78, 5) is 1.08. The highest BCUT2D eigenvalue weighted by Gasteiger charge is 2.45. The smallest absolute Gasteiger partial charge is 0.314 e. The van der Waals surface area contributed by atoms with Gasteiger partial charge in [0, 0.05) is 26.2 Å². The van der Waals surface area contributed by atoms with Gasteiger partial charge < -0.3 is 5.32 Å². The van der Waals surface area contributed by atoms with Crippen molar-refractivity contribution in [3.63, 3.8) is 0 Å². The minimum atomic E-state index is -4.94. The number of alkyl halides is 6. The Labute approximate surface area is 146 Å². The molecule has 1 N–H and O–H groups in total. The first-order chi connectivity index (χ1) is 10.1. The highest BCUT2D eigenvalue weighted by atomic mass is 35.5. The van der Waals surface area contributed by atoms with Crippen LogP contribution in [0.3, 0.4) is 0 Å². The summed E-state index contributed by atoms with van der Waals surface area (Å²) in [6, 6.07) is -0.757. The van der Waals surface area contributed by atoms with Crippen LogP contribution >= 0.6 is 24.8 Å². The average Bonchev–Trinajstić information content (AvgIpc) is 2.37. The second-order valence-corrected chi connectivity index (χ2v) is 4.97.